The van der Waals surface area contributed by atoms with Crippen molar-refractivity contribution in [1.29, 1.82) is 0 Å². The van der Waals surface area contributed by atoms with E-state index in [9.17, 15) is 27.2 Å². The minimum Gasteiger partial charge on any atom is -0.466 e. The largest absolute Gasteiger partial charge is 0.466 e. The highest BCUT2D eigenvalue weighted by molar-refractivity contribution is 8.00. The van der Waals surface area contributed by atoms with E-state index < -0.39 is 35.0 Å². The van der Waals surface area contributed by atoms with Crippen LogP contribution in [-0.4, -0.2) is 45.0 Å². The molecule has 1 aromatic carbocycles. The molecule has 0 saturated carbocycles. The molecule has 0 bridgehead atoms. The van der Waals surface area contributed by atoms with E-state index in [1.807, 2.05) is 0 Å². The van der Waals surface area contributed by atoms with Crippen molar-refractivity contribution in [2.45, 2.75) is 10.4 Å². The predicted octanol–water partition coefficient (Wildman–Crippen LogP) is 2.83. The van der Waals surface area contributed by atoms with Gasteiger partial charge in [0.05, 0.1) is 32.1 Å². The number of ether oxygens (including phenoxy) is 3. The summed E-state index contributed by atoms with van der Waals surface area (Å²) in [6.45, 7) is -0.579. The molecule has 6 nitrogen and oxygen atoms in total. The van der Waals surface area contributed by atoms with Gasteiger partial charge in [0.2, 0.25) is 0 Å². The first-order valence-corrected chi connectivity index (χ1v) is 7.80. The summed E-state index contributed by atoms with van der Waals surface area (Å²) in [5, 5.41) is 0. The lowest BCUT2D eigenvalue weighted by atomic mass is 10.1. The lowest BCUT2D eigenvalue weighted by Crippen LogP contribution is -2.39. The number of benzene rings is 1. The van der Waals surface area contributed by atoms with Gasteiger partial charge in [-0.15, -0.1) is 0 Å². The molecule has 1 aliphatic rings. The van der Waals surface area contributed by atoms with Gasteiger partial charge in [0, 0.05) is 4.90 Å². The molecular formula is C15H13F4NO5S. The first-order chi connectivity index (χ1) is 12.2. The lowest BCUT2D eigenvalue weighted by molar-refractivity contribution is -0.140. The molecule has 2 rings (SSSR count). The zero-order valence-corrected chi connectivity index (χ0v) is 14.4. The Hall–Kier alpha value is -2.27. The molecule has 0 saturated heterocycles. The molecule has 11 heteroatoms. The van der Waals surface area contributed by atoms with Gasteiger partial charge in [-0.1, -0.05) is 0 Å². The highest BCUT2D eigenvalue weighted by Crippen LogP contribution is 2.39. The monoisotopic (exact) mass is 395 g/mol. The summed E-state index contributed by atoms with van der Waals surface area (Å²) in [7, 11) is 2.16. The van der Waals surface area contributed by atoms with Crippen molar-refractivity contribution in [2.75, 3.05) is 32.5 Å². The van der Waals surface area contributed by atoms with E-state index in [1.165, 1.54) is 0 Å². The normalized spacial score (nSPS) is 15.1. The van der Waals surface area contributed by atoms with E-state index >= 15 is 0 Å². The zero-order chi connectivity index (χ0) is 19.5. The molecule has 26 heavy (non-hydrogen) atoms. The fourth-order valence-electron chi connectivity index (χ4n) is 2.24. The van der Waals surface area contributed by atoms with E-state index in [1.54, 1.807) is 0 Å². The predicted molar refractivity (Wildman–Crippen MR) is 82.7 cm³/mol. The summed E-state index contributed by atoms with van der Waals surface area (Å²) in [5.74, 6) is -2.85. The zero-order valence-electron chi connectivity index (χ0n) is 13.6. The van der Waals surface area contributed by atoms with Crippen molar-refractivity contribution in [3.8, 4) is 0 Å². The van der Waals surface area contributed by atoms with Crippen molar-refractivity contribution in [3.63, 3.8) is 0 Å². The van der Waals surface area contributed by atoms with Gasteiger partial charge in [-0.2, -0.15) is 13.2 Å². The number of methoxy groups -OCH3 is 2. The Morgan fingerprint density at radius 1 is 1.19 bits per heavy atom. The SMILES string of the molecule is COC(=O)C1=C(C(=O)OC)N(c2ccc(SC(F)(F)F)cc2F)COC1. The maximum atomic E-state index is 14.4. The summed E-state index contributed by atoms with van der Waals surface area (Å²) in [6.07, 6.45) is 0. The van der Waals surface area contributed by atoms with Crippen molar-refractivity contribution in [3.05, 3.63) is 35.3 Å². The number of esters is 2. The molecule has 1 aromatic rings. The Balaban J connectivity index is 2.48. The second-order valence-corrected chi connectivity index (χ2v) is 6.02. The molecule has 0 N–H and O–H groups in total. The molecule has 1 heterocycles. The molecule has 0 aromatic heterocycles. The lowest BCUT2D eigenvalue weighted by Gasteiger charge is -2.31. The molecule has 0 amide bonds. The molecule has 0 spiro atoms. The van der Waals surface area contributed by atoms with Gasteiger partial charge in [-0.05, 0) is 30.0 Å². The third-order valence-electron chi connectivity index (χ3n) is 3.28. The van der Waals surface area contributed by atoms with Crippen LogP contribution in [0, 0.1) is 5.82 Å². The average Bonchev–Trinajstić information content (AvgIpc) is 2.58. The van der Waals surface area contributed by atoms with Crippen LogP contribution < -0.4 is 4.90 Å². The summed E-state index contributed by atoms with van der Waals surface area (Å²) in [6, 6.07) is 2.77. The van der Waals surface area contributed by atoms with E-state index in [4.69, 9.17) is 4.74 Å². The number of carbonyl (C=O) groups is 2. The molecule has 1 aliphatic heterocycles. The van der Waals surface area contributed by atoms with Crippen molar-refractivity contribution in [1.82, 2.24) is 0 Å². The maximum absolute atomic E-state index is 14.4. The standard InChI is InChI=1S/C15H13F4NO5S/c1-23-13(21)9-6-25-7-20(12(9)14(22)24-2)11-4-3-8(5-10(11)16)26-15(17,18)19/h3-5H,6-7H2,1-2H3. The van der Waals surface area contributed by atoms with Crippen LogP contribution >= 0.6 is 11.8 Å². The third-order valence-corrected chi connectivity index (χ3v) is 4.00. The number of hydrogen-bond acceptors (Lipinski definition) is 7. The van der Waals surface area contributed by atoms with E-state index in [0.29, 0.717) is 6.07 Å². The van der Waals surface area contributed by atoms with Crippen molar-refractivity contribution >= 4 is 29.4 Å². The second kappa shape index (κ2) is 7.96. The van der Waals surface area contributed by atoms with Gasteiger partial charge in [0.15, 0.2) is 0 Å². The van der Waals surface area contributed by atoms with Crippen LogP contribution in [0.15, 0.2) is 34.4 Å². The van der Waals surface area contributed by atoms with Gasteiger partial charge in [-0.25, -0.2) is 14.0 Å². The van der Waals surface area contributed by atoms with Gasteiger partial charge < -0.3 is 19.1 Å². The van der Waals surface area contributed by atoms with E-state index in [0.717, 1.165) is 31.3 Å². The smallest absolute Gasteiger partial charge is 0.446 e. The fraction of sp³-hybridized carbons (Fsp3) is 0.333. The van der Waals surface area contributed by atoms with Gasteiger partial charge in [-0.3, -0.25) is 0 Å². The van der Waals surface area contributed by atoms with Gasteiger partial charge >= 0.3 is 17.4 Å². The molecule has 0 atom stereocenters. The highest BCUT2D eigenvalue weighted by Gasteiger charge is 2.34. The third kappa shape index (κ3) is 4.47. The Labute approximate surface area is 149 Å². The molecule has 0 fully saturated rings. The molecule has 142 valence electrons. The minimum atomic E-state index is -4.57. The number of rotatable bonds is 4. The van der Waals surface area contributed by atoms with Crippen LogP contribution in [-0.2, 0) is 23.8 Å². The summed E-state index contributed by atoms with van der Waals surface area (Å²) >= 11 is -0.477. The molecule has 0 unspecified atom stereocenters. The topological polar surface area (TPSA) is 65.1 Å². The Kier molecular flexibility index (Phi) is 6.13. The van der Waals surface area contributed by atoms with E-state index in [2.05, 4.69) is 9.47 Å². The first-order valence-electron chi connectivity index (χ1n) is 6.98. The van der Waals surface area contributed by atoms with Crippen LogP contribution in [0.3, 0.4) is 0 Å². The van der Waals surface area contributed by atoms with E-state index in [-0.39, 0.29) is 35.2 Å². The summed E-state index contributed by atoms with van der Waals surface area (Å²) in [5.41, 5.74) is -5.32. The van der Waals surface area contributed by atoms with Crippen LogP contribution in [0.1, 0.15) is 0 Å². The second-order valence-electron chi connectivity index (χ2n) is 4.88. The summed E-state index contributed by atoms with van der Waals surface area (Å²) in [4.78, 5) is 24.6. The number of alkyl halides is 3. The minimum absolute atomic E-state index is 0.196. The van der Waals surface area contributed by atoms with Crippen LogP contribution in [0.4, 0.5) is 23.2 Å². The molecular weight excluding hydrogens is 382 g/mol. The number of thioether (sulfide) groups is 1. The fourth-order valence-corrected chi connectivity index (χ4v) is 2.80. The summed E-state index contributed by atoms with van der Waals surface area (Å²) < 4.78 is 66.0. The number of carbonyl (C=O) groups excluding carboxylic acids is 2. The van der Waals surface area contributed by atoms with Crippen LogP contribution in [0.25, 0.3) is 0 Å². The molecule has 0 radical (unpaired) electrons. The highest BCUT2D eigenvalue weighted by atomic mass is 32.2. The first kappa shape index (κ1) is 20.0. The van der Waals surface area contributed by atoms with Crippen molar-refractivity contribution in [2.24, 2.45) is 0 Å². The van der Waals surface area contributed by atoms with Crippen LogP contribution in [0.2, 0.25) is 0 Å². The quantitative estimate of drug-likeness (QED) is 0.441. The van der Waals surface area contributed by atoms with Gasteiger partial charge in [0.25, 0.3) is 0 Å². The number of nitrogens with zero attached hydrogens (tertiary/aromatic N) is 1. The number of halogens is 4. The Bertz CT molecular complexity index is 750. The Morgan fingerprint density at radius 2 is 1.85 bits per heavy atom. The maximum Gasteiger partial charge on any atom is 0.446 e. The number of anilines is 1. The van der Waals surface area contributed by atoms with Crippen molar-refractivity contribution < 1.29 is 41.4 Å². The van der Waals surface area contributed by atoms with Gasteiger partial charge in [0.1, 0.15) is 18.2 Å². The van der Waals surface area contributed by atoms with Crippen LogP contribution in [0.5, 0.6) is 0 Å². The average molecular weight is 395 g/mol. The molecule has 0 aliphatic carbocycles. The number of hydrogen-bond donors (Lipinski definition) is 0. The Morgan fingerprint density at radius 3 is 2.38 bits per heavy atom.